The molecule has 0 radical (unpaired) electrons. The molecule has 0 aromatic rings. The van der Waals surface area contributed by atoms with Crippen molar-refractivity contribution in [1.82, 2.24) is 0 Å². The quantitative estimate of drug-likeness (QED) is 0.487. The minimum Gasteiger partial charge on any atom is -0.0785 e. The van der Waals surface area contributed by atoms with Crippen LogP contribution in [0.4, 0.5) is 0 Å². The summed E-state index contributed by atoms with van der Waals surface area (Å²) in [6.07, 6.45) is 5.53. The Morgan fingerprint density at radius 3 is 2.50 bits per heavy atom. The zero-order valence-electron chi connectivity index (χ0n) is 6.41. The molecule has 0 aromatic carbocycles. The zero-order valence-corrected chi connectivity index (χ0v) is 6.41. The van der Waals surface area contributed by atoms with Crippen LogP contribution in [0.2, 0.25) is 6.32 Å². The Balaban J connectivity index is 2.86. The van der Waals surface area contributed by atoms with Gasteiger partial charge in [0.25, 0.3) is 0 Å². The van der Waals surface area contributed by atoms with E-state index in [1.165, 1.54) is 25.6 Å². The normalized spacial score (nSPS) is 13.8. The lowest BCUT2D eigenvalue weighted by atomic mass is 9.89. The lowest BCUT2D eigenvalue weighted by molar-refractivity contribution is 0.549. The van der Waals surface area contributed by atoms with Crippen LogP contribution in [0, 0.1) is 5.92 Å². The number of rotatable bonds is 4. The second-order valence-corrected chi connectivity index (χ2v) is 2.66. The van der Waals surface area contributed by atoms with Crippen molar-refractivity contribution in [3.63, 3.8) is 0 Å². The molecule has 0 unspecified atom stereocenters. The van der Waals surface area contributed by atoms with Crippen LogP contribution in [-0.2, 0) is 0 Å². The van der Waals surface area contributed by atoms with Crippen molar-refractivity contribution in [2.24, 2.45) is 5.92 Å². The maximum Gasteiger partial charge on any atom is 0.101 e. The van der Waals surface area contributed by atoms with Gasteiger partial charge in [0.05, 0.1) is 0 Å². The summed E-state index contributed by atoms with van der Waals surface area (Å²) in [6.45, 7) is 4.58. The second kappa shape index (κ2) is 5.21. The van der Waals surface area contributed by atoms with Gasteiger partial charge in [-0.25, -0.2) is 0 Å². The van der Waals surface area contributed by atoms with E-state index in [0.29, 0.717) is 0 Å². The lowest BCUT2D eigenvalue weighted by Crippen LogP contribution is -1.91. The fourth-order valence-corrected chi connectivity index (χ4v) is 0.757. The maximum absolute atomic E-state index is 2.33. The summed E-state index contributed by atoms with van der Waals surface area (Å²) >= 11 is 0. The smallest absolute Gasteiger partial charge is 0.0785 e. The highest BCUT2D eigenvalue weighted by Gasteiger charge is 1.94. The fraction of sp³-hybridized carbons (Fsp3) is 1.00. The molecule has 0 saturated heterocycles. The highest BCUT2D eigenvalue weighted by Crippen LogP contribution is 2.09. The van der Waals surface area contributed by atoms with E-state index in [4.69, 9.17) is 0 Å². The number of hydrogen-bond acceptors (Lipinski definition) is 0. The van der Waals surface area contributed by atoms with Gasteiger partial charge in [0.2, 0.25) is 0 Å². The SMILES string of the molecule is BC[C@@H](C)CCCC. The lowest BCUT2D eigenvalue weighted by Gasteiger charge is -2.04. The first-order chi connectivity index (χ1) is 3.81. The van der Waals surface area contributed by atoms with Crippen LogP contribution in [-0.4, -0.2) is 7.85 Å². The van der Waals surface area contributed by atoms with Crippen molar-refractivity contribution in [1.29, 1.82) is 0 Å². The highest BCUT2D eigenvalue weighted by molar-refractivity contribution is 6.08. The number of unbranched alkanes of at least 4 members (excludes halogenated alkanes) is 1. The first kappa shape index (κ1) is 8.06. The Bertz CT molecular complexity index is 43.7. The molecule has 0 N–H and O–H groups in total. The average Bonchev–Trinajstić information content (AvgIpc) is 1.83. The fourth-order valence-electron chi connectivity index (χ4n) is 0.757. The first-order valence-corrected chi connectivity index (χ1v) is 3.81. The largest absolute Gasteiger partial charge is 0.101 e. The van der Waals surface area contributed by atoms with Gasteiger partial charge in [0.1, 0.15) is 7.85 Å². The van der Waals surface area contributed by atoms with E-state index in [2.05, 4.69) is 21.7 Å². The van der Waals surface area contributed by atoms with Gasteiger partial charge in [-0.15, -0.1) is 0 Å². The van der Waals surface area contributed by atoms with Crippen molar-refractivity contribution in [2.45, 2.75) is 39.4 Å². The molecule has 0 nitrogen and oxygen atoms in total. The standard InChI is InChI=1S/C7H17B/c1-3-4-5-7(2)6-8/h7H,3-6,8H2,1-2H3/t7-/m0/s1. The Morgan fingerprint density at radius 1 is 1.50 bits per heavy atom. The van der Waals surface area contributed by atoms with Gasteiger partial charge in [-0.05, 0) is 0 Å². The summed E-state index contributed by atoms with van der Waals surface area (Å²) in [5, 5.41) is 0. The third-order valence-corrected chi connectivity index (χ3v) is 1.75. The van der Waals surface area contributed by atoms with Crippen molar-refractivity contribution in [3.8, 4) is 0 Å². The van der Waals surface area contributed by atoms with E-state index in [0.717, 1.165) is 5.92 Å². The average molecular weight is 112 g/mol. The molecule has 0 rings (SSSR count). The van der Waals surface area contributed by atoms with Crippen LogP contribution < -0.4 is 0 Å². The molecule has 0 aliphatic heterocycles. The van der Waals surface area contributed by atoms with Crippen molar-refractivity contribution >= 4 is 7.85 Å². The number of hydrogen-bond donors (Lipinski definition) is 0. The topological polar surface area (TPSA) is 0 Å². The van der Waals surface area contributed by atoms with E-state index in [1.807, 2.05) is 0 Å². The van der Waals surface area contributed by atoms with Gasteiger partial charge in [-0.2, -0.15) is 0 Å². The molecular formula is C7H17B. The summed E-state index contributed by atoms with van der Waals surface area (Å²) in [4.78, 5) is 0. The molecular weight excluding hydrogens is 94.9 g/mol. The van der Waals surface area contributed by atoms with Crippen LogP contribution in [0.1, 0.15) is 33.1 Å². The third kappa shape index (κ3) is 4.23. The predicted octanol–water partition coefficient (Wildman–Crippen LogP) is 1.86. The Morgan fingerprint density at radius 2 is 2.12 bits per heavy atom. The van der Waals surface area contributed by atoms with Gasteiger partial charge in [0.15, 0.2) is 0 Å². The third-order valence-electron chi connectivity index (χ3n) is 1.75. The molecule has 0 saturated carbocycles. The van der Waals surface area contributed by atoms with Gasteiger partial charge >= 0.3 is 0 Å². The predicted molar refractivity (Wildman–Crippen MR) is 42.0 cm³/mol. The van der Waals surface area contributed by atoms with Crippen molar-refractivity contribution in [3.05, 3.63) is 0 Å². The molecule has 0 amide bonds. The van der Waals surface area contributed by atoms with E-state index < -0.39 is 0 Å². The summed E-state index contributed by atoms with van der Waals surface area (Å²) in [6, 6.07) is 0. The summed E-state index contributed by atoms with van der Waals surface area (Å²) in [7, 11) is 2.26. The maximum atomic E-state index is 2.33. The van der Waals surface area contributed by atoms with Crippen LogP contribution >= 0.6 is 0 Å². The molecule has 0 aliphatic carbocycles. The minimum absolute atomic E-state index is 0.954. The minimum atomic E-state index is 0.954. The summed E-state index contributed by atoms with van der Waals surface area (Å²) in [5.74, 6) is 0.954. The molecule has 0 spiro atoms. The van der Waals surface area contributed by atoms with E-state index in [1.54, 1.807) is 0 Å². The van der Waals surface area contributed by atoms with Gasteiger partial charge in [0, 0.05) is 0 Å². The Kier molecular flexibility index (Phi) is 5.25. The van der Waals surface area contributed by atoms with E-state index in [9.17, 15) is 0 Å². The highest BCUT2D eigenvalue weighted by atomic mass is 14.0. The van der Waals surface area contributed by atoms with Crippen LogP contribution in [0.25, 0.3) is 0 Å². The van der Waals surface area contributed by atoms with Crippen LogP contribution in [0.5, 0.6) is 0 Å². The first-order valence-electron chi connectivity index (χ1n) is 3.81. The van der Waals surface area contributed by atoms with Crippen LogP contribution in [0.3, 0.4) is 0 Å². The molecule has 1 heteroatoms. The molecule has 1 atom stereocenters. The molecule has 0 fully saturated rings. The molecule has 0 aromatic heterocycles. The molecule has 0 aliphatic rings. The van der Waals surface area contributed by atoms with Gasteiger partial charge < -0.3 is 0 Å². The van der Waals surface area contributed by atoms with Gasteiger partial charge in [-0.3, -0.25) is 0 Å². The van der Waals surface area contributed by atoms with Crippen LogP contribution in [0.15, 0.2) is 0 Å². The monoisotopic (exact) mass is 112 g/mol. The molecule has 8 heavy (non-hydrogen) atoms. The molecule has 0 bridgehead atoms. The Labute approximate surface area is 54.1 Å². The summed E-state index contributed by atoms with van der Waals surface area (Å²) < 4.78 is 0. The summed E-state index contributed by atoms with van der Waals surface area (Å²) in [5.41, 5.74) is 0. The van der Waals surface area contributed by atoms with E-state index in [-0.39, 0.29) is 0 Å². The van der Waals surface area contributed by atoms with E-state index >= 15 is 0 Å². The Hall–Kier alpha value is 0.0649. The van der Waals surface area contributed by atoms with Crippen molar-refractivity contribution in [2.75, 3.05) is 0 Å². The van der Waals surface area contributed by atoms with Crippen molar-refractivity contribution < 1.29 is 0 Å². The molecule has 48 valence electrons. The van der Waals surface area contributed by atoms with Gasteiger partial charge in [-0.1, -0.05) is 45.3 Å². The molecule has 0 heterocycles. The second-order valence-electron chi connectivity index (χ2n) is 2.66. The zero-order chi connectivity index (χ0) is 6.41.